The minimum Gasteiger partial charge on any atom is -0.392 e. The van der Waals surface area contributed by atoms with E-state index in [0.717, 1.165) is 21.8 Å². The number of halogens is 1. The van der Waals surface area contributed by atoms with Gasteiger partial charge in [-0.25, -0.2) is 0 Å². The summed E-state index contributed by atoms with van der Waals surface area (Å²) in [7, 11) is 0. The maximum Gasteiger partial charge on any atom is 0.257 e. The fourth-order valence-corrected chi connectivity index (χ4v) is 6.02. The Bertz CT molecular complexity index is 1160. The lowest BCUT2D eigenvalue weighted by Gasteiger charge is -2.20. The summed E-state index contributed by atoms with van der Waals surface area (Å²) in [5, 5.41) is 17.0. The summed E-state index contributed by atoms with van der Waals surface area (Å²) in [6, 6.07) is 9.25. The molecule has 3 aromatic rings. The Morgan fingerprint density at radius 2 is 2.17 bits per heavy atom. The number of benzene rings is 1. The van der Waals surface area contributed by atoms with Crippen LogP contribution in [0.25, 0.3) is 5.69 Å². The Labute approximate surface area is 187 Å². The molecule has 156 valence electrons. The van der Waals surface area contributed by atoms with Crippen molar-refractivity contribution >= 4 is 40.6 Å². The van der Waals surface area contributed by atoms with Crippen molar-refractivity contribution in [1.82, 2.24) is 9.88 Å². The molecular formula is C22H21ClN2O3S2. The number of aryl methyl sites for hydroxylation is 1. The van der Waals surface area contributed by atoms with E-state index in [9.17, 15) is 14.7 Å². The summed E-state index contributed by atoms with van der Waals surface area (Å²) in [6.07, 6.45) is -0.181. The third-order valence-electron chi connectivity index (χ3n) is 5.01. The van der Waals surface area contributed by atoms with Gasteiger partial charge in [0.05, 0.1) is 11.8 Å². The van der Waals surface area contributed by atoms with Crippen molar-refractivity contribution in [3.05, 3.63) is 78.9 Å². The van der Waals surface area contributed by atoms with Crippen molar-refractivity contribution in [1.29, 1.82) is 0 Å². The molecule has 1 aliphatic rings. The van der Waals surface area contributed by atoms with Crippen LogP contribution >= 0.6 is 34.7 Å². The van der Waals surface area contributed by atoms with E-state index in [2.05, 4.69) is 16.8 Å². The maximum atomic E-state index is 13.0. The monoisotopic (exact) mass is 460 g/mol. The number of aliphatic hydroxyl groups excluding tert-OH is 1. The third kappa shape index (κ3) is 4.07. The second kappa shape index (κ2) is 8.59. The summed E-state index contributed by atoms with van der Waals surface area (Å²) >= 11 is 9.60. The van der Waals surface area contributed by atoms with Gasteiger partial charge in [0, 0.05) is 45.6 Å². The summed E-state index contributed by atoms with van der Waals surface area (Å²) in [6.45, 7) is 3.54. The number of aliphatic hydroxyl groups is 1. The van der Waals surface area contributed by atoms with Gasteiger partial charge in [-0.3, -0.25) is 9.59 Å². The number of nitrogens with zero attached hydrogens (tertiary/aromatic N) is 1. The molecule has 30 heavy (non-hydrogen) atoms. The smallest absolute Gasteiger partial charge is 0.257 e. The molecule has 2 atom stereocenters. The van der Waals surface area contributed by atoms with Crippen molar-refractivity contribution in [2.24, 2.45) is 0 Å². The summed E-state index contributed by atoms with van der Waals surface area (Å²) in [4.78, 5) is 26.9. The van der Waals surface area contributed by atoms with Crippen LogP contribution in [0.2, 0.25) is 5.02 Å². The third-order valence-corrected chi connectivity index (χ3v) is 7.25. The van der Waals surface area contributed by atoms with E-state index in [0.29, 0.717) is 17.1 Å². The molecule has 5 nitrogen and oxygen atoms in total. The Kier molecular flexibility index (Phi) is 6.06. The molecular weight excluding hydrogens is 440 g/mol. The number of carbonyl (C=O) groups excluding carboxylic acids is 1. The Balaban J connectivity index is 1.94. The molecule has 1 amide bonds. The van der Waals surface area contributed by atoms with Crippen LogP contribution < -0.4 is 10.7 Å². The second-order valence-corrected chi connectivity index (χ2v) is 9.81. The lowest BCUT2D eigenvalue weighted by atomic mass is 10.0. The van der Waals surface area contributed by atoms with Gasteiger partial charge in [0.2, 0.25) is 0 Å². The van der Waals surface area contributed by atoms with Crippen molar-refractivity contribution in [2.75, 3.05) is 6.54 Å². The van der Waals surface area contributed by atoms with Gasteiger partial charge < -0.3 is 15.0 Å². The number of amides is 1. The quantitative estimate of drug-likeness (QED) is 0.606. The first-order chi connectivity index (χ1) is 14.3. The molecule has 0 saturated heterocycles. The van der Waals surface area contributed by atoms with Crippen LogP contribution in [0.5, 0.6) is 0 Å². The molecule has 0 fully saturated rings. The Morgan fingerprint density at radius 1 is 1.37 bits per heavy atom. The highest BCUT2D eigenvalue weighted by Crippen LogP contribution is 2.45. The molecule has 0 bridgehead atoms. The molecule has 0 saturated carbocycles. The van der Waals surface area contributed by atoms with Crippen molar-refractivity contribution in [2.45, 2.75) is 36.5 Å². The van der Waals surface area contributed by atoms with Crippen LogP contribution in [0.1, 0.15) is 39.5 Å². The number of fused-ring (bicyclic) bond motifs is 3. The van der Waals surface area contributed by atoms with Crippen LogP contribution in [0, 0.1) is 6.92 Å². The van der Waals surface area contributed by atoms with E-state index in [1.165, 1.54) is 6.07 Å². The zero-order valence-electron chi connectivity index (χ0n) is 16.5. The van der Waals surface area contributed by atoms with Crippen LogP contribution in [0.3, 0.4) is 0 Å². The first-order valence-corrected chi connectivity index (χ1v) is 11.8. The lowest BCUT2D eigenvalue weighted by molar-refractivity contribution is 0.0921. The van der Waals surface area contributed by atoms with Crippen LogP contribution in [-0.4, -0.2) is 28.2 Å². The minimum atomic E-state index is -0.697. The number of nitrogens with one attached hydrogen (secondary N) is 1. The highest BCUT2D eigenvalue weighted by Gasteiger charge is 2.29. The number of thioether (sulfide) groups is 1. The van der Waals surface area contributed by atoms with Crippen LogP contribution in [-0.2, 0) is 6.42 Å². The lowest BCUT2D eigenvalue weighted by Crippen LogP contribution is -2.36. The van der Waals surface area contributed by atoms with E-state index in [-0.39, 0.29) is 22.8 Å². The van der Waals surface area contributed by atoms with E-state index in [4.69, 9.17) is 11.6 Å². The molecule has 3 heterocycles. The molecule has 4 rings (SSSR count). The average Bonchev–Trinajstić information content (AvgIpc) is 3.16. The number of carbonyl (C=O) groups is 1. The number of aromatic nitrogens is 1. The fraction of sp³-hybridized carbons (Fsp3) is 0.273. The SMILES string of the molecule is Cc1cc(=O)c(C(=O)NC[C@@H](C)O)c2n1-c1ccc(Cl)cc1S[C@@H](c1ccsc1)C2. The van der Waals surface area contributed by atoms with E-state index < -0.39 is 12.0 Å². The summed E-state index contributed by atoms with van der Waals surface area (Å²) < 4.78 is 1.99. The molecule has 0 radical (unpaired) electrons. The molecule has 8 heteroatoms. The highest BCUT2D eigenvalue weighted by molar-refractivity contribution is 7.99. The average molecular weight is 461 g/mol. The number of hydrogen-bond donors (Lipinski definition) is 2. The molecule has 0 aliphatic carbocycles. The van der Waals surface area contributed by atoms with Crippen LogP contribution in [0.4, 0.5) is 0 Å². The van der Waals surface area contributed by atoms with Gasteiger partial charge in [-0.2, -0.15) is 11.3 Å². The van der Waals surface area contributed by atoms with Gasteiger partial charge in [-0.1, -0.05) is 11.6 Å². The van der Waals surface area contributed by atoms with Crippen LogP contribution in [0.15, 0.2) is 50.8 Å². The van der Waals surface area contributed by atoms with E-state index >= 15 is 0 Å². The van der Waals surface area contributed by atoms with Gasteiger partial charge in [0.25, 0.3) is 5.91 Å². The van der Waals surface area contributed by atoms with Crippen molar-refractivity contribution < 1.29 is 9.90 Å². The minimum absolute atomic E-state index is 0.0340. The zero-order valence-corrected chi connectivity index (χ0v) is 18.9. The van der Waals surface area contributed by atoms with Gasteiger partial charge in [-0.05, 0) is 54.4 Å². The van der Waals surface area contributed by atoms with Crippen molar-refractivity contribution in [3.8, 4) is 5.69 Å². The zero-order chi connectivity index (χ0) is 21.4. The Hall–Kier alpha value is -2.06. The van der Waals surface area contributed by atoms with Gasteiger partial charge >= 0.3 is 0 Å². The predicted molar refractivity (Wildman–Crippen MR) is 122 cm³/mol. The Morgan fingerprint density at radius 3 is 2.87 bits per heavy atom. The maximum absolute atomic E-state index is 13.0. The normalized spacial score (nSPS) is 16.3. The number of hydrogen-bond acceptors (Lipinski definition) is 5. The molecule has 0 spiro atoms. The molecule has 1 aliphatic heterocycles. The number of pyridine rings is 1. The van der Waals surface area contributed by atoms with Crippen molar-refractivity contribution in [3.63, 3.8) is 0 Å². The first-order valence-electron chi connectivity index (χ1n) is 9.55. The second-order valence-electron chi connectivity index (χ2n) is 7.35. The number of rotatable bonds is 4. The van der Waals surface area contributed by atoms with Gasteiger partial charge in [0.15, 0.2) is 5.43 Å². The predicted octanol–water partition coefficient (Wildman–Crippen LogP) is 4.36. The van der Waals surface area contributed by atoms with E-state index in [1.807, 2.05) is 35.1 Å². The topological polar surface area (TPSA) is 71.3 Å². The summed E-state index contributed by atoms with van der Waals surface area (Å²) in [5.74, 6) is -0.462. The molecule has 0 unspecified atom stereocenters. The summed E-state index contributed by atoms with van der Waals surface area (Å²) in [5.41, 5.74) is 3.30. The van der Waals surface area contributed by atoms with Gasteiger partial charge in [0.1, 0.15) is 5.56 Å². The molecule has 2 aromatic heterocycles. The number of thiophene rings is 1. The van der Waals surface area contributed by atoms with E-state index in [1.54, 1.807) is 30.0 Å². The fourth-order valence-electron chi connectivity index (χ4n) is 3.68. The highest BCUT2D eigenvalue weighted by atomic mass is 35.5. The van der Waals surface area contributed by atoms with Gasteiger partial charge in [-0.15, -0.1) is 11.8 Å². The first kappa shape index (κ1) is 21.2. The molecule has 1 aromatic carbocycles. The largest absolute Gasteiger partial charge is 0.392 e. The molecule has 2 N–H and O–H groups in total. The standard InChI is InChI=1S/C22H21ClN2O3S2/c1-12-7-18(27)21(22(28)24-10-13(2)26)17-9-19(14-5-6-29-11-14)30-20-8-15(23)3-4-16(20)25(12)17/h3-8,11,13,19,26H,9-10H2,1-2H3,(H,24,28)/t13-,19-/m1/s1.